The van der Waals surface area contributed by atoms with E-state index in [2.05, 4.69) is 15.6 Å². The zero-order chi connectivity index (χ0) is 13.1. The predicted molar refractivity (Wildman–Crippen MR) is 69.0 cm³/mol. The van der Waals surface area contributed by atoms with Gasteiger partial charge in [-0.3, -0.25) is 4.79 Å². The van der Waals surface area contributed by atoms with Crippen LogP contribution in [0.1, 0.15) is 24.3 Å². The van der Waals surface area contributed by atoms with Crippen molar-refractivity contribution in [2.45, 2.75) is 19.9 Å². The van der Waals surface area contributed by atoms with E-state index in [1.54, 1.807) is 30.5 Å². The molecule has 0 bridgehead atoms. The molecule has 0 fully saturated rings. The summed E-state index contributed by atoms with van der Waals surface area (Å²) in [6.07, 6.45) is 1.58. The highest BCUT2D eigenvalue weighted by Gasteiger charge is 2.12. The minimum absolute atomic E-state index is 0.0678. The minimum atomic E-state index is -0.231. The molecule has 94 valence electrons. The number of nitrogens with zero attached hydrogens (tertiary/aromatic N) is 3. The lowest BCUT2D eigenvalue weighted by molar-refractivity contribution is 0.0938. The molecule has 5 nitrogen and oxygen atoms in total. The summed E-state index contributed by atoms with van der Waals surface area (Å²) in [4.78, 5) is 11.7. The second-order valence-corrected chi connectivity index (χ2v) is 4.59. The van der Waals surface area contributed by atoms with Crippen molar-refractivity contribution in [3.63, 3.8) is 0 Å². The van der Waals surface area contributed by atoms with E-state index in [-0.39, 0.29) is 11.9 Å². The van der Waals surface area contributed by atoms with E-state index in [0.717, 1.165) is 5.69 Å². The van der Waals surface area contributed by atoms with Gasteiger partial charge in [-0.1, -0.05) is 16.8 Å². The molecule has 0 radical (unpaired) electrons. The Bertz CT molecular complexity index is 547. The summed E-state index contributed by atoms with van der Waals surface area (Å²) < 4.78 is 1.53. The van der Waals surface area contributed by atoms with Gasteiger partial charge in [0.1, 0.15) is 0 Å². The molecular weight excluding hydrogens is 252 g/mol. The maximum atomic E-state index is 11.7. The molecule has 2 rings (SSSR count). The van der Waals surface area contributed by atoms with Gasteiger partial charge in [0.25, 0.3) is 5.91 Å². The summed E-state index contributed by atoms with van der Waals surface area (Å²) in [6, 6.07) is 7.19. The maximum absolute atomic E-state index is 11.7. The lowest BCUT2D eigenvalue weighted by Crippen LogP contribution is -2.30. The van der Waals surface area contributed by atoms with E-state index in [9.17, 15) is 4.79 Å². The highest BCUT2D eigenvalue weighted by Crippen LogP contribution is 2.12. The molecule has 6 heteroatoms. The Morgan fingerprint density at radius 3 is 2.61 bits per heavy atom. The molecule has 1 N–H and O–H groups in total. The fourth-order valence-electron chi connectivity index (χ4n) is 1.42. The van der Waals surface area contributed by atoms with Gasteiger partial charge < -0.3 is 5.32 Å². The van der Waals surface area contributed by atoms with Crippen molar-refractivity contribution < 1.29 is 4.79 Å². The topological polar surface area (TPSA) is 59.8 Å². The van der Waals surface area contributed by atoms with Gasteiger partial charge in [0, 0.05) is 11.1 Å². The van der Waals surface area contributed by atoms with E-state index in [1.165, 1.54) is 4.68 Å². The Hall–Kier alpha value is -1.88. The third-order valence-corrected chi connectivity index (χ3v) is 2.49. The number of carbonyl (C=O) groups excluding carboxylic acids is 1. The first-order valence-electron chi connectivity index (χ1n) is 5.55. The number of halogens is 1. The molecular formula is C12H13ClN4O. The Morgan fingerprint density at radius 1 is 1.33 bits per heavy atom. The summed E-state index contributed by atoms with van der Waals surface area (Å²) in [6.45, 7) is 3.78. The van der Waals surface area contributed by atoms with Crippen LogP contribution < -0.4 is 5.32 Å². The first-order chi connectivity index (χ1) is 8.56. The molecule has 0 unspecified atom stereocenters. The van der Waals surface area contributed by atoms with Crippen molar-refractivity contribution in [2.75, 3.05) is 0 Å². The Labute approximate surface area is 110 Å². The standard InChI is InChI=1S/C12H13ClN4O/c1-8(2)14-12(18)11-7-17(16-15-11)10-5-3-9(13)4-6-10/h3-8H,1-2H3,(H,14,18). The molecule has 1 aromatic heterocycles. The van der Waals surface area contributed by atoms with E-state index < -0.39 is 0 Å². The van der Waals surface area contributed by atoms with Crippen molar-refractivity contribution in [1.82, 2.24) is 20.3 Å². The first-order valence-corrected chi connectivity index (χ1v) is 5.93. The highest BCUT2D eigenvalue weighted by molar-refractivity contribution is 6.30. The van der Waals surface area contributed by atoms with Gasteiger partial charge in [0.2, 0.25) is 0 Å². The quantitative estimate of drug-likeness (QED) is 0.923. The lowest BCUT2D eigenvalue weighted by atomic mass is 10.3. The zero-order valence-electron chi connectivity index (χ0n) is 10.1. The minimum Gasteiger partial charge on any atom is -0.348 e. The molecule has 0 aliphatic heterocycles. The summed E-state index contributed by atoms with van der Waals surface area (Å²) >= 11 is 5.80. The highest BCUT2D eigenvalue weighted by atomic mass is 35.5. The average Bonchev–Trinajstić information content (AvgIpc) is 2.78. The van der Waals surface area contributed by atoms with Crippen LogP contribution in [0.15, 0.2) is 30.5 Å². The van der Waals surface area contributed by atoms with Gasteiger partial charge in [0.15, 0.2) is 5.69 Å². The Balaban J connectivity index is 2.20. The SMILES string of the molecule is CC(C)NC(=O)c1cn(-c2ccc(Cl)cc2)nn1. The van der Waals surface area contributed by atoms with Crippen LogP contribution in [0.25, 0.3) is 5.69 Å². The summed E-state index contributed by atoms with van der Waals surface area (Å²) in [5.41, 5.74) is 1.09. The predicted octanol–water partition coefficient (Wildman–Crippen LogP) is 2.06. The molecule has 0 atom stereocenters. The second kappa shape index (κ2) is 5.18. The third-order valence-electron chi connectivity index (χ3n) is 2.24. The van der Waals surface area contributed by atoms with E-state index in [4.69, 9.17) is 11.6 Å². The molecule has 0 aliphatic rings. The second-order valence-electron chi connectivity index (χ2n) is 4.15. The molecule has 0 spiro atoms. The van der Waals surface area contributed by atoms with Crippen molar-refractivity contribution >= 4 is 17.5 Å². The van der Waals surface area contributed by atoms with E-state index in [1.807, 2.05) is 13.8 Å². The smallest absolute Gasteiger partial charge is 0.273 e. The average molecular weight is 265 g/mol. The lowest BCUT2D eigenvalue weighted by Gasteiger charge is -2.04. The molecule has 2 aromatic rings. The van der Waals surface area contributed by atoms with Crippen LogP contribution in [0.5, 0.6) is 0 Å². The summed E-state index contributed by atoms with van der Waals surface area (Å²) in [7, 11) is 0. The van der Waals surface area contributed by atoms with Crippen LogP contribution in [0.2, 0.25) is 5.02 Å². The summed E-state index contributed by atoms with van der Waals surface area (Å²) in [5, 5.41) is 11.1. The largest absolute Gasteiger partial charge is 0.348 e. The van der Waals surface area contributed by atoms with Crippen molar-refractivity contribution in [2.24, 2.45) is 0 Å². The number of rotatable bonds is 3. The van der Waals surface area contributed by atoms with Crippen molar-refractivity contribution in [3.8, 4) is 5.69 Å². The number of hydrogen-bond donors (Lipinski definition) is 1. The molecule has 1 heterocycles. The van der Waals surface area contributed by atoms with Crippen LogP contribution in [-0.4, -0.2) is 26.9 Å². The van der Waals surface area contributed by atoms with Crippen LogP contribution in [0.3, 0.4) is 0 Å². The number of carbonyl (C=O) groups is 1. The number of benzene rings is 1. The monoisotopic (exact) mass is 264 g/mol. The van der Waals surface area contributed by atoms with Crippen molar-refractivity contribution in [3.05, 3.63) is 41.2 Å². The van der Waals surface area contributed by atoms with Gasteiger partial charge in [-0.05, 0) is 38.1 Å². The number of nitrogens with one attached hydrogen (secondary N) is 1. The molecule has 1 amide bonds. The molecule has 0 aliphatic carbocycles. The first kappa shape index (κ1) is 12.6. The fraction of sp³-hybridized carbons (Fsp3) is 0.250. The number of hydrogen-bond acceptors (Lipinski definition) is 3. The van der Waals surface area contributed by atoms with Gasteiger partial charge in [-0.25, -0.2) is 4.68 Å². The van der Waals surface area contributed by atoms with E-state index in [0.29, 0.717) is 10.7 Å². The normalized spacial score (nSPS) is 10.7. The van der Waals surface area contributed by atoms with Gasteiger partial charge in [0.05, 0.1) is 11.9 Å². The van der Waals surface area contributed by atoms with Crippen molar-refractivity contribution in [1.29, 1.82) is 0 Å². The van der Waals surface area contributed by atoms with Gasteiger partial charge in [-0.2, -0.15) is 0 Å². The Kier molecular flexibility index (Phi) is 3.62. The zero-order valence-corrected chi connectivity index (χ0v) is 10.8. The molecule has 0 saturated heterocycles. The summed E-state index contributed by atoms with van der Waals surface area (Å²) in [5.74, 6) is -0.231. The molecule has 1 aromatic carbocycles. The van der Waals surface area contributed by atoms with Crippen LogP contribution in [-0.2, 0) is 0 Å². The number of aromatic nitrogens is 3. The van der Waals surface area contributed by atoms with Crippen LogP contribution in [0.4, 0.5) is 0 Å². The van der Waals surface area contributed by atoms with Gasteiger partial charge in [-0.15, -0.1) is 5.10 Å². The third kappa shape index (κ3) is 2.87. The van der Waals surface area contributed by atoms with Gasteiger partial charge >= 0.3 is 0 Å². The Morgan fingerprint density at radius 2 is 2.00 bits per heavy atom. The number of amides is 1. The van der Waals surface area contributed by atoms with Crippen LogP contribution >= 0.6 is 11.6 Å². The molecule has 0 saturated carbocycles. The van der Waals surface area contributed by atoms with Crippen LogP contribution in [0, 0.1) is 0 Å². The maximum Gasteiger partial charge on any atom is 0.273 e. The van der Waals surface area contributed by atoms with E-state index >= 15 is 0 Å². The molecule has 18 heavy (non-hydrogen) atoms. The fourth-order valence-corrected chi connectivity index (χ4v) is 1.55.